The summed E-state index contributed by atoms with van der Waals surface area (Å²) in [5.41, 5.74) is 2.17. The Morgan fingerprint density at radius 3 is 2.60 bits per heavy atom. The molecule has 1 aliphatic rings. The number of pyridine rings is 1. The van der Waals surface area contributed by atoms with Gasteiger partial charge in [0.15, 0.2) is 0 Å². The maximum absolute atomic E-state index is 13.4. The average molecular weight is 414 g/mol. The normalized spacial score (nSPS) is 20.2. The molecule has 1 N–H and O–H groups in total. The first-order valence-corrected chi connectivity index (χ1v) is 10.2. The molecule has 1 aromatic heterocycles. The first-order chi connectivity index (χ1) is 14.3. The Morgan fingerprint density at radius 2 is 2.00 bits per heavy atom. The zero-order chi connectivity index (χ0) is 21.8. The molecule has 3 atom stereocenters. The molecule has 0 saturated heterocycles. The highest BCUT2D eigenvalue weighted by Crippen LogP contribution is 2.30. The number of carbonyl (C=O) groups is 1. The van der Waals surface area contributed by atoms with E-state index in [4.69, 9.17) is 9.47 Å². The van der Waals surface area contributed by atoms with E-state index in [9.17, 15) is 9.90 Å². The number of amides is 1. The Balaban J connectivity index is 2.04. The summed E-state index contributed by atoms with van der Waals surface area (Å²) in [5, 5.41) is 9.73. The van der Waals surface area contributed by atoms with Crippen molar-refractivity contribution in [1.82, 2.24) is 14.8 Å². The molecule has 30 heavy (non-hydrogen) atoms. The first kappa shape index (κ1) is 22.1. The highest BCUT2D eigenvalue weighted by molar-refractivity contribution is 5.98. The third-order valence-corrected chi connectivity index (χ3v) is 5.49. The van der Waals surface area contributed by atoms with E-state index < -0.39 is 0 Å². The second kappa shape index (κ2) is 9.45. The molecule has 0 bridgehead atoms. The molecule has 1 aliphatic heterocycles. The number of rotatable bonds is 6. The molecule has 3 rings (SSSR count). The number of hydrogen-bond donors (Lipinski definition) is 1. The van der Waals surface area contributed by atoms with Gasteiger partial charge in [-0.25, -0.2) is 4.98 Å². The Kier molecular flexibility index (Phi) is 6.95. The van der Waals surface area contributed by atoms with Gasteiger partial charge in [0.25, 0.3) is 5.91 Å². The molecule has 0 saturated carbocycles. The van der Waals surface area contributed by atoms with Gasteiger partial charge in [-0.2, -0.15) is 0 Å². The molecule has 7 nitrogen and oxygen atoms in total. The maximum Gasteiger partial charge on any atom is 0.259 e. The quantitative estimate of drug-likeness (QED) is 0.785. The monoisotopic (exact) mass is 413 g/mol. The number of aromatic nitrogens is 1. The van der Waals surface area contributed by atoms with Gasteiger partial charge in [0.1, 0.15) is 17.4 Å². The van der Waals surface area contributed by atoms with Crippen LogP contribution in [0.4, 0.5) is 0 Å². The van der Waals surface area contributed by atoms with Crippen molar-refractivity contribution < 1.29 is 19.4 Å². The minimum atomic E-state index is -0.296. The number of fused-ring (bicyclic) bond motifs is 1. The van der Waals surface area contributed by atoms with E-state index >= 15 is 0 Å². The number of aliphatic hydroxyl groups is 1. The van der Waals surface area contributed by atoms with Gasteiger partial charge in [0.05, 0.1) is 19.8 Å². The molecular formula is C23H31N3O4. The maximum atomic E-state index is 13.4. The molecule has 7 heteroatoms. The molecule has 0 radical (unpaired) electrons. The van der Waals surface area contributed by atoms with Crippen LogP contribution in [0.1, 0.15) is 24.2 Å². The zero-order valence-corrected chi connectivity index (χ0v) is 18.3. The van der Waals surface area contributed by atoms with Gasteiger partial charge in [0, 0.05) is 30.8 Å². The van der Waals surface area contributed by atoms with Crippen LogP contribution in [0.15, 0.2) is 36.5 Å². The summed E-state index contributed by atoms with van der Waals surface area (Å²) in [6, 6.07) is 9.14. The molecule has 0 spiro atoms. The number of nitrogens with zero attached hydrogens (tertiary/aromatic N) is 3. The molecule has 162 valence electrons. The predicted octanol–water partition coefficient (Wildman–Crippen LogP) is 2.54. The topological polar surface area (TPSA) is 75.1 Å². The lowest BCUT2D eigenvalue weighted by Crippen LogP contribution is -2.49. The number of likely N-dealkylation sites (N-methyl/N-ethyl adjacent to an activating group) is 1. The van der Waals surface area contributed by atoms with Crippen molar-refractivity contribution in [3.8, 4) is 22.8 Å². The summed E-state index contributed by atoms with van der Waals surface area (Å²) in [6.45, 7) is 5.03. The number of carbonyl (C=O) groups excluding carboxylic acids is 1. The second-order valence-corrected chi connectivity index (χ2v) is 8.19. The Bertz CT molecular complexity index is 869. The van der Waals surface area contributed by atoms with Gasteiger partial charge >= 0.3 is 0 Å². The Morgan fingerprint density at radius 1 is 1.30 bits per heavy atom. The van der Waals surface area contributed by atoms with Crippen molar-refractivity contribution in [2.75, 3.05) is 40.9 Å². The number of ether oxygens (including phenoxy) is 2. The smallest absolute Gasteiger partial charge is 0.259 e. The van der Waals surface area contributed by atoms with Crippen LogP contribution < -0.4 is 9.47 Å². The molecule has 1 amide bonds. The largest absolute Gasteiger partial charge is 0.497 e. The van der Waals surface area contributed by atoms with Crippen LogP contribution in [0, 0.1) is 5.92 Å². The first-order valence-electron chi connectivity index (χ1n) is 10.2. The highest BCUT2D eigenvalue weighted by atomic mass is 16.5. The summed E-state index contributed by atoms with van der Waals surface area (Å²) in [7, 11) is 5.62. The van der Waals surface area contributed by atoms with Crippen LogP contribution in [0.25, 0.3) is 11.1 Å². The lowest BCUT2D eigenvalue weighted by molar-refractivity contribution is 0.0348. The summed E-state index contributed by atoms with van der Waals surface area (Å²) >= 11 is 0. The summed E-state index contributed by atoms with van der Waals surface area (Å²) in [4.78, 5) is 21.7. The van der Waals surface area contributed by atoms with E-state index in [1.807, 2.05) is 51.4 Å². The zero-order valence-electron chi connectivity index (χ0n) is 18.3. The van der Waals surface area contributed by atoms with E-state index in [0.717, 1.165) is 16.9 Å². The second-order valence-electron chi connectivity index (χ2n) is 8.19. The number of methoxy groups -OCH3 is 1. The van der Waals surface area contributed by atoms with Crippen molar-refractivity contribution in [1.29, 1.82) is 0 Å². The van der Waals surface area contributed by atoms with Crippen molar-refractivity contribution in [3.63, 3.8) is 0 Å². The van der Waals surface area contributed by atoms with Gasteiger partial charge in [-0.3, -0.25) is 4.79 Å². The molecular weight excluding hydrogens is 382 g/mol. The molecule has 0 fully saturated rings. The SMILES string of the molecule is COc1ccc(-c2cnc3c(c2)C(=O)N([C@H](C)CO)C[C@@H](C)[C@H](CN(C)C)O3)cc1. The van der Waals surface area contributed by atoms with E-state index in [2.05, 4.69) is 16.8 Å². The summed E-state index contributed by atoms with van der Waals surface area (Å²) in [6.07, 6.45) is 1.60. The number of aliphatic hydroxyl groups excluding tert-OH is 1. The average Bonchev–Trinajstić information content (AvgIpc) is 2.75. The standard InChI is InChI=1S/C23H31N3O4/c1-15-12-26(16(2)14-27)23(28)20-10-18(17-6-8-19(29-5)9-7-17)11-24-22(20)30-21(15)13-25(3)4/h6-11,15-16,21,27H,12-14H2,1-5H3/t15-,16-,21+/m1/s1. The summed E-state index contributed by atoms with van der Waals surface area (Å²) < 4.78 is 11.5. The lowest BCUT2D eigenvalue weighted by Gasteiger charge is -2.37. The lowest BCUT2D eigenvalue weighted by atomic mass is 9.99. The van der Waals surface area contributed by atoms with Crippen LogP contribution in [0.5, 0.6) is 11.6 Å². The van der Waals surface area contributed by atoms with Crippen molar-refractivity contribution in [2.24, 2.45) is 5.92 Å². The summed E-state index contributed by atoms with van der Waals surface area (Å²) in [5.74, 6) is 1.01. The number of hydrogen-bond acceptors (Lipinski definition) is 6. The molecule has 1 aromatic carbocycles. The van der Waals surface area contributed by atoms with E-state index in [1.165, 1.54) is 0 Å². The van der Waals surface area contributed by atoms with Gasteiger partial charge in [-0.15, -0.1) is 0 Å². The van der Waals surface area contributed by atoms with Crippen molar-refractivity contribution in [2.45, 2.75) is 26.0 Å². The van der Waals surface area contributed by atoms with E-state index in [-0.39, 0.29) is 30.6 Å². The fraction of sp³-hybridized carbons (Fsp3) is 0.478. The van der Waals surface area contributed by atoms with Crippen LogP contribution in [-0.2, 0) is 0 Å². The minimum absolute atomic E-state index is 0.0848. The fourth-order valence-corrected chi connectivity index (χ4v) is 3.62. The highest BCUT2D eigenvalue weighted by Gasteiger charge is 2.34. The minimum Gasteiger partial charge on any atom is -0.497 e. The third kappa shape index (κ3) is 4.74. The van der Waals surface area contributed by atoms with Crippen LogP contribution in [0.2, 0.25) is 0 Å². The molecule has 2 aromatic rings. The van der Waals surface area contributed by atoms with Gasteiger partial charge in [0.2, 0.25) is 5.88 Å². The Labute approximate surface area is 178 Å². The van der Waals surface area contributed by atoms with Crippen molar-refractivity contribution >= 4 is 5.91 Å². The molecule has 2 heterocycles. The number of benzene rings is 1. The third-order valence-electron chi connectivity index (χ3n) is 5.49. The van der Waals surface area contributed by atoms with Crippen LogP contribution in [0.3, 0.4) is 0 Å². The molecule has 0 aliphatic carbocycles. The van der Waals surface area contributed by atoms with Gasteiger partial charge < -0.3 is 24.4 Å². The molecule has 0 unspecified atom stereocenters. The van der Waals surface area contributed by atoms with Crippen molar-refractivity contribution in [3.05, 3.63) is 42.1 Å². The van der Waals surface area contributed by atoms with Gasteiger partial charge in [-0.1, -0.05) is 19.1 Å². The van der Waals surface area contributed by atoms with Crippen LogP contribution in [-0.4, -0.2) is 78.8 Å². The van der Waals surface area contributed by atoms with E-state index in [1.54, 1.807) is 18.2 Å². The van der Waals surface area contributed by atoms with Crippen LogP contribution >= 0.6 is 0 Å². The fourth-order valence-electron chi connectivity index (χ4n) is 3.62. The van der Waals surface area contributed by atoms with Gasteiger partial charge in [-0.05, 0) is 44.8 Å². The predicted molar refractivity (Wildman–Crippen MR) is 116 cm³/mol. The Hall–Kier alpha value is -2.64. The van der Waals surface area contributed by atoms with E-state index in [0.29, 0.717) is 24.5 Å².